The highest BCUT2D eigenvalue weighted by Gasteiger charge is 2.23. The molecule has 2 heteroatoms. The van der Waals surface area contributed by atoms with E-state index in [1.165, 1.54) is 99.7 Å². The minimum atomic E-state index is 0.671. The quantitative estimate of drug-likeness (QED) is 0.308. The van der Waals surface area contributed by atoms with E-state index in [4.69, 9.17) is 0 Å². The van der Waals surface area contributed by atoms with E-state index in [-0.39, 0.29) is 0 Å². The minimum absolute atomic E-state index is 0.671. The van der Waals surface area contributed by atoms with Crippen LogP contribution in [0.15, 0.2) is 24.3 Å². The molecule has 0 amide bonds. The van der Waals surface area contributed by atoms with Crippen molar-refractivity contribution in [1.29, 1.82) is 0 Å². The van der Waals surface area contributed by atoms with Gasteiger partial charge in [0.1, 0.15) is 0 Å². The van der Waals surface area contributed by atoms with Gasteiger partial charge >= 0.3 is 0 Å². The van der Waals surface area contributed by atoms with Crippen molar-refractivity contribution in [1.82, 2.24) is 0 Å². The third-order valence-electron chi connectivity index (χ3n) is 5.50. The molecule has 0 saturated carbocycles. The van der Waals surface area contributed by atoms with E-state index >= 15 is 0 Å². The molecule has 1 aliphatic heterocycles. The van der Waals surface area contributed by atoms with E-state index in [0.29, 0.717) is 4.58 Å². The Balaban J connectivity index is 1.62. The summed E-state index contributed by atoms with van der Waals surface area (Å²) in [6, 6.07) is 9.57. The third kappa shape index (κ3) is 8.74. The summed E-state index contributed by atoms with van der Waals surface area (Å²) in [7, 11) is 0. The fraction of sp³-hybridized carbons (Fsp3) is 0.750. The number of unbranched alkanes of at least 4 members (excludes halogenated alkanes) is 8. The minimum Gasteiger partial charge on any atom is -0.142 e. The molecule has 0 radical (unpaired) electrons. The molecule has 0 aliphatic carbocycles. The molecule has 0 N–H and O–H groups in total. The van der Waals surface area contributed by atoms with Gasteiger partial charge in [-0.15, -0.1) is 23.5 Å². The van der Waals surface area contributed by atoms with Crippen LogP contribution < -0.4 is 0 Å². The molecule has 0 spiro atoms. The first kappa shape index (κ1) is 22.2. The zero-order valence-corrected chi connectivity index (χ0v) is 18.8. The molecule has 0 aromatic heterocycles. The summed E-state index contributed by atoms with van der Waals surface area (Å²) >= 11 is 4.38. The smallest absolute Gasteiger partial charge is 0.0751 e. The van der Waals surface area contributed by atoms with Gasteiger partial charge < -0.3 is 0 Å². The fourth-order valence-corrected chi connectivity index (χ4v) is 6.88. The van der Waals surface area contributed by atoms with Gasteiger partial charge in [0.2, 0.25) is 0 Å². The third-order valence-corrected chi connectivity index (χ3v) is 8.80. The second-order valence-electron chi connectivity index (χ2n) is 7.97. The van der Waals surface area contributed by atoms with Gasteiger partial charge in [-0.3, -0.25) is 0 Å². The molecule has 1 fully saturated rings. The predicted molar refractivity (Wildman–Crippen MR) is 123 cm³/mol. The summed E-state index contributed by atoms with van der Waals surface area (Å²) in [5.41, 5.74) is 3.07. The molecular weight excluding hydrogens is 352 g/mol. The summed E-state index contributed by atoms with van der Waals surface area (Å²) in [5.74, 6) is 3.68. The molecule has 1 aromatic rings. The molecule has 2 rings (SSSR count). The SMILES string of the molecule is CCCCCCCc1ccc(C2SCC(CCCCCCC)CS2)cc1. The number of aryl methyl sites for hydroxylation is 1. The Labute approximate surface area is 171 Å². The maximum atomic E-state index is 2.40. The maximum absolute atomic E-state index is 2.40. The average Bonchev–Trinajstić information content (AvgIpc) is 2.69. The predicted octanol–water partition coefficient (Wildman–Crippen LogP) is 8.65. The highest BCUT2D eigenvalue weighted by atomic mass is 32.2. The Morgan fingerprint density at radius 2 is 1.31 bits per heavy atom. The van der Waals surface area contributed by atoms with Gasteiger partial charge in [0, 0.05) is 0 Å². The fourth-order valence-electron chi connectivity index (χ4n) is 3.71. The molecule has 1 heterocycles. The van der Waals surface area contributed by atoms with Gasteiger partial charge in [0.25, 0.3) is 0 Å². The second kappa shape index (κ2) is 14.0. The normalized spacial score (nSPS) is 20.4. The number of thioether (sulfide) groups is 2. The van der Waals surface area contributed by atoms with E-state index in [2.05, 4.69) is 61.6 Å². The average molecular weight is 393 g/mol. The molecule has 0 bridgehead atoms. The number of benzene rings is 1. The Morgan fingerprint density at radius 1 is 0.731 bits per heavy atom. The van der Waals surface area contributed by atoms with Crippen LogP contribution in [-0.2, 0) is 6.42 Å². The van der Waals surface area contributed by atoms with Crippen LogP contribution in [0, 0.1) is 5.92 Å². The molecular formula is C24H40S2. The van der Waals surface area contributed by atoms with E-state index in [1.807, 2.05) is 0 Å². The van der Waals surface area contributed by atoms with Gasteiger partial charge in [-0.05, 0) is 47.8 Å². The lowest BCUT2D eigenvalue weighted by Crippen LogP contribution is -2.14. The number of hydrogen-bond acceptors (Lipinski definition) is 2. The van der Waals surface area contributed by atoms with Crippen molar-refractivity contribution >= 4 is 23.5 Å². The molecule has 26 heavy (non-hydrogen) atoms. The Kier molecular flexibility index (Phi) is 12.0. The first-order chi connectivity index (χ1) is 12.8. The number of hydrogen-bond donors (Lipinski definition) is 0. The van der Waals surface area contributed by atoms with Crippen molar-refractivity contribution < 1.29 is 0 Å². The lowest BCUT2D eigenvalue weighted by atomic mass is 10.0. The van der Waals surface area contributed by atoms with Gasteiger partial charge in [-0.25, -0.2) is 0 Å². The van der Waals surface area contributed by atoms with Crippen LogP contribution in [0.25, 0.3) is 0 Å². The van der Waals surface area contributed by atoms with Crippen LogP contribution >= 0.6 is 23.5 Å². The summed E-state index contributed by atoms with van der Waals surface area (Å²) in [5, 5.41) is 0. The molecule has 1 saturated heterocycles. The van der Waals surface area contributed by atoms with Crippen molar-refractivity contribution in [2.75, 3.05) is 11.5 Å². The standard InChI is InChI=1S/C24H40S2/c1-3-5-7-9-11-13-21-15-17-23(18-16-21)24-25-19-22(20-26-24)14-12-10-8-6-4-2/h15-18,22,24H,3-14,19-20H2,1-2H3. The summed E-state index contributed by atoms with van der Waals surface area (Å²) in [6.07, 6.45) is 16.7. The van der Waals surface area contributed by atoms with E-state index in [9.17, 15) is 0 Å². The van der Waals surface area contributed by atoms with Crippen LogP contribution in [-0.4, -0.2) is 11.5 Å². The van der Waals surface area contributed by atoms with Crippen LogP contribution in [0.3, 0.4) is 0 Å². The highest BCUT2D eigenvalue weighted by Crippen LogP contribution is 2.46. The van der Waals surface area contributed by atoms with E-state index < -0.39 is 0 Å². The first-order valence-electron chi connectivity index (χ1n) is 11.2. The molecule has 0 nitrogen and oxygen atoms in total. The monoisotopic (exact) mass is 392 g/mol. The lowest BCUT2D eigenvalue weighted by molar-refractivity contribution is 0.528. The Hall–Kier alpha value is -0.0800. The zero-order chi connectivity index (χ0) is 18.5. The van der Waals surface area contributed by atoms with E-state index in [1.54, 1.807) is 0 Å². The number of rotatable bonds is 13. The second-order valence-corrected chi connectivity index (χ2v) is 10.5. The molecule has 0 unspecified atom stereocenters. The zero-order valence-electron chi connectivity index (χ0n) is 17.2. The summed E-state index contributed by atoms with van der Waals surface area (Å²) in [6.45, 7) is 4.59. The van der Waals surface area contributed by atoms with Crippen LogP contribution in [0.1, 0.15) is 100 Å². The lowest BCUT2D eigenvalue weighted by Gasteiger charge is -2.28. The largest absolute Gasteiger partial charge is 0.142 e. The molecule has 148 valence electrons. The van der Waals surface area contributed by atoms with Crippen molar-refractivity contribution in [3.8, 4) is 0 Å². The maximum Gasteiger partial charge on any atom is 0.0751 e. The highest BCUT2D eigenvalue weighted by molar-refractivity contribution is 8.16. The van der Waals surface area contributed by atoms with Gasteiger partial charge in [0.15, 0.2) is 0 Å². The summed E-state index contributed by atoms with van der Waals surface area (Å²) in [4.78, 5) is 0. The molecule has 1 aliphatic rings. The van der Waals surface area contributed by atoms with Gasteiger partial charge in [-0.1, -0.05) is 95.9 Å². The van der Waals surface area contributed by atoms with Gasteiger partial charge in [-0.2, -0.15) is 0 Å². The van der Waals surface area contributed by atoms with Crippen LogP contribution in [0.2, 0.25) is 0 Å². The first-order valence-corrected chi connectivity index (χ1v) is 13.2. The Bertz CT molecular complexity index is 446. The van der Waals surface area contributed by atoms with E-state index in [0.717, 1.165) is 5.92 Å². The van der Waals surface area contributed by atoms with Crippen molar-refractivity contribution in [2.24, 2.45) is 5.92 Å². The van der Waals surface area contributed by atoms with Crippen molar-refractivity contribution in [2.45, 2.75) is 95.5 Å². The van der Waals surface area contributed by atoms with Crippen molar-refractivity contribution in [3.05, 3.63) is 35.4 Å². The summed E-state index contributed by atoms with van der Waals surface area (Å²) < 4.78 is 0.671. The Morgan fingerprint density at radius 3 is 1.92 bits per heavy atom. The molecule has 1 aromatic carbocycles. The van der Waals surface area contributed by atoms with Gasteiger partial charge in [0.05, 0.1) is 4.58 Å². The van der Waals surface area contributed by atoms with Crippen LogP contribution in [0.4, 0.5) is 0 Å². The molecule has 0 atom stereocenters. The van der Waals surface area contributed by atoms with Crippen LogP contribution in [0.5, 0.6) is 0 Å². The topological polar surface area (TPSA) is 0 Å². The van der Waals surface area contributed by atoms with Crippen molar-refractivity contribution in [3.63, 3.8) is 0 Å².